The predicted octanol–water partition coefficient (Wildman–Crippen LogP) is 20.0. The van der Waals surface area contributed by atoms with Crippen LogP contribution in [0.1, 0.15) is 220 Å². The van der Waals surface area contributed by atoms with E-state index >= 15 is 0 Å². The molecule has 0 aliphatic heterocycles. The molecule has 422 valence electrons. The number of nitrogens with zero attached hydrogens (tertiary/aromatic N) is 2. The number of hydrogen-bond acceptors (Lipinski definition) is 4. The van der Waals surface area contributed by atoms with E-state index in [2.05, 4.69) is 227 Å². The molecule has 0 amide bonds. The molecule has 0 spiro atoms. The first-order valence-electron chi connectivity index (χ1n) is 27.0. The molecule has 12 heteroatoms. The van der Waals surface area contributed by atoms with Gasteiger partial charge in [-0.1, -0.05) is 39.5 Å². The van der Waals surface area contributed by atoms with Gasteiger partial charge in [-0.05, 0) is 216 Å². The van der Waals surface area contributed by atoms with Crippen LogP contribution in [0.25, 0.3) is 0 Å². The van der Waals surface area contributed by atoms with Crippen LogP contribution in [0.3, 0.4) is 0 Å². The van der Waals surface area contributed by atoms with Crippen LogP contribution in [0.2, 0.25) is 0 Å². The standard InChI is InChI=1S/C20H32N2.4C9H21P.2CHO.2ClH.2Ru/c1-7-17-9-13(3)19(14(4)10-17)21-22-20-15(5)11-18(8-2)12-16(20)6;4*1-7(2)10(8(3)4)9(5)6;2*1-2;;;;/h1-2,7-8,13-20H,9-12H2,3-6H3;4*7-9H,1-6H3;2*1H;2*1H;;/q-2;;;;;2*-1;;;2*+3/p+2. The Bertz CT molecular complexity index is 958. The molecule has 2 aliphatic carbocycles. The van der Waals surface area contributed by atoms with Crippen LogP contribution in [0, 0.1) is 48.7 Å². The van der Waals surface area contributed by atoms with E-state index < -0.39 is 0 Å². The van der Waals surface area contributed by atoms with Gasteiger partial charge in [0, 0.05) is 31.7 Å². The maximum absolute atomic E-state index is 7.75. The topological polar surface area (TPSA) is 58.9 Å². The van der Waals surface area contributed by atoms with Crippen molar-refractivity contribution in [2.45, 2.75) is 300 Å². The van der Waals surface area contributed by atoms with Crippen LogP contribution >= 0.6 is 51.1 Å². The first-order valence-corrected chi connectivity index (χ1v) is 38.4. The van der Waals surface area contributed by atoms with E-state index in [1.165, 1.54) is 0 Å². The van der Waals surface area contributed by atoms with Crippen LogP contribution in [-0.2, 0) is 44.2 Å². The second-order valence-electron chi connectivity index (χ2n) is 23.8. The van der Waals surface area contributed by atoms with Gasteiger partial charge in [0.1, 0.15) is 0 Å². The van der Waals surface area contributed by atoms with Crippen molar-refractivity contribution < 1.29 is 44.2 Å². The van der Waals surface area contributed by atoms with Crippen molar-refractivity contribution in [1.82, 2.24) is 0 Å². The predicted molar refractivity (Wildman–Crippen MR) is 332 cm³/mol. The van der Waals surface area contributed by atoms with Crippen molar-refractivity contribution in [1.29, 1.82) is 0 Å². The van der Waals surface area contributed by atoms with Crippen LogP contribution in [0.15, 0.2) is 22.4 Å². The van der Waals surface area contributed by atoms with E-state index in [-0.39, 0.29) is 31.7 Å². The second-order valence-corrected chi connectivity index (χ2v) is 41.7. The van der Waals surface area contributed by atoms with E-state index in [4.69, 9.17) is 33.0 Å². The number of azo groups is 1. The molecule has 4 atom stereocenters. The molecule has 0 saturated heterocycles. The van der Waals surface area contributed by atoms with Crippen molar-refractivity contribution >= 4 is 64.6 Å². The van der Waals surface area contributed by atoms with Gasteiger partial charge in [-0.3, -0.25) is 25.7 Å². The molecule has 70 heavy (non-hydrogen) atoms. The van der Waals surface area contributed by atoms with Gasteiger partial charge < -0.3 is 22.7 Å². The average Bonchev–Trinajstić information content (AvgIpc) is 3.23. The van der Waals surface area contributed by atoms with Crippen molar-refractivity contribution in [2.75, 3.05) is 0 Å². The van der Waals surface area contributed by atoms with E-state index in [1.807, 2.05) is 46.8 Å². The van der Waals surface area contributed by atoms with Gasteiger partial charge in [0.15, 0.2) is 0 Å². The summed E-state index contributed by atoms with van der Waals surface area (Å²) in [4.78, 5) is 15.5. The van der Waals surface area contributed by atoms with Crippen LogP contribution < -0.4 is 0 Å². The Labute approximate surface area is 475 Å². The number of rotatable bonds is 16. The molecule has 0 N–H and O–H groups in total. The molecule has 2 aliphatic rings. The second kappa shape index (κ2) is 51.7. The molecule has 0 heterocycles. The van der Waals surface area contributed by atoms with Crippen LogP contribution in [0.5, 0.6) is 0 Å². The molecule has 2 rings (SSSR count). The third kappa shape index (κ3) is 40.2. The van der Waals surface area contributed by atoms with Gasteiger partial charge in [-0.25, -0.2) is 0 Å². The third-order valence-corrected chi connectivity index (χ3v) is 29.9. The molecule has 0 bridgehead atoms. The van der Waals surface area contributed by atoms with E-state index in [1.54, 1.807) is 0 Å². The van der Waals surface area contributed by atoms with Crippen molar-refractivity contribution in [2.24, 2.45) is 45.7 Å². The minimum atomic E-state index is -0.0957. The van der Waals surface area contributed by atoms with Crippen LogP contribution in [0.4, 0.5) is 0 Å². The molecule has 2 saturated carbocycles. The Balaban J connectivity index is -0.000000143. The average molecular weight is 1280 g/mol. The summed E-state index contributed by atoms with van der Waals surface area (Å²) >= 11 is 3.64. The van der Waals surface area contributed by atoms with Gasteiger partial charge in [0.25, 0.3) is 0 Å². The zero-order valence-corrected chi connectivity index (χ0v) is 60.0. The Kier molecular flexibility index (Phi) is 63.4. The Morgan fingerprint density at radius 3 is 0.529 bits per heavy atom. The van der Waals surface area contributed by atoms with Gasteiger partial charge in [-0.2, -0.15) is 10.2 Å². The zero-order chi connectivity index (χ0) is 57.5. The summed E-state index contributed by atoms with van der Waals surface area (Å²) < 4.78 is 0. The van der Waals surface area contributed by atoms with Crippen LogP contribution in [-0.4, -0.2) is 93.6 Å². The van der Waals surface area contributed by atoms with E-state index in [0.717, 1.165) is 93.6 Å². The first kappa shape index (κ1) is 85.9. The first-order chi connectivity index (χ1) is 32.3. The number of allylic oxidation sites excluding steroid dienone is 2. The Hall–Kier alpha value is 1.97. The van der Waals surface area contributed by atoms with Gasteiger partial charge in [0.05, 0.1) is 80.0 Å². The molecule has 0 aromatic carbocycles. The van der Waals surface area contributed by atoms with Gasteiger partial charge >= 0.3 is 54.0 Å². The number of hydrogen-bond donors (Lipinski definition) is 0. The maximum atomic E-state index is 7.75. The quantitative estimate of drug-likeness (QED) is 0.0508. The molecule has 0 aromatic heterocycles. The normalized spacial score (nSPS) is 22.1. The molecule has 4 nitrogen and oxygen atoms in total. The summed E-state index contributed by atoms with van der Waals surface area (Å²) in [6.07, 6.45) is 8.31. The fourth-order valence-electron chi connectivity index (χ4n) is 12.7. The molecular formula is C58H122Cl2N2O2P4Ru2+4. The van der Waals surface area contributed by atoms with E-state index in [9.17, 15) is 0 Å². The number of carbonyl (C=O) groups excluding carboxylic acids is 2. The summed E-state index contributed by atoms with van der Waals surface area (Å²) in [5.41, 5.74) is 11.2. The minimum absolute atomic E-state index is 0.0957. The summed E-state index contributed by atoms with van der Waals surface area (Å²) in [5, 5.41) is 9.64. The van der Waals surface area contributed by atoms with E-state index in [0.29, 0.717) is 47.6 Å². The summed E-state index contributed by atoms with van der Waals surface area (Å²) in [6.45, 7) is 84.0. The third-order valence-electron chi connectivity index (χ3n) is 13.9. The summed E-state index contributed by atoms with van der Waals surface area (Å²) in [7, 11) is 8.76. The fraction of sp³-hybridized carbons (Fsp3) is 0.897. The molecular weight excluding hydrogens is 1150 g/mol. The number of halogens is 2. The summed E-state index contributed by atoms with van der Waals surface area (Å²) in [5.74, 6) is 3.36. The molecule has 0 aromatic rings. The van der Waals surface area contributed by atoms with Crippen molar-refractivity contribution in [3.8, 4) is 0 Å². The van der Waals surface area contributed by atoms with Gasteiger partial charge in [0.2, 0.25) is 0 Å². The zero-order valence-electron chi connectivity index (χ0n) is 51.0. The fourth-order valence-corrected chi connectivity index (χ4v) is 28.7. The Morgan fingerprint density at radius 2 is 0.457 bits per heavy atom. The van der Waals surface area contributed by atoms with Crippen molar-refractivity contribution in [3.63, 3.8) is 0 Å². The van der Waals surface area contributed by atoms with Gasteiger partial charge in [-0.15, -0.1) is 0 Å². The molecule has 0 radical (unpaired) electrons. The van der Waals surface area contributed by atoms with Crippen molar-refractivity contribution in [3.05, 3.63) is 25.3 Å². The SMILES string of the molecule is CC(C)[PH+](C(C)C)C(C)C.CC(C)[PH+](C(C)C)C(C)C.CC(C)[PH+](C(C)C)C(C)C.CC(C)[PH+](C(C)C)C(C)C.[CH-]=CC1CC(C)C(N=NC2C(C)CC(C=[CH-])CC2C)C(C)C1.[CH-]=O.[CH-]=O.[Cl][Ru+2].[Cl][Ru+2]. The monoisotopic (exact) mass is 1280 g/mol. The molecule has 4 unspecified atom stereocenters. The Morgan fingerprint density at radius 1 is 0.343 bits per heavy atom. The summed E-state index contributed by atoms with van der Waals surface area (Å²) in [6, 6.07) is 0.712. The molecule has 2 fully saturated rings.